The van der Waals surface area contributed by atoms with Crippen LogP contribution in [0.25, 0.3) is 5.69 Å². The zero-order valence-corrected chi connectivity index (χ0v) is 19.7. The van der Waals surface area contributed by atoms with E-state index < -0.39 is 28.3 Å². The second-order valence-corrected chi connectivity index (χ2v) is 9.40. The monoisotopic (exact) mass is 494 g/mol. The van der Waals surface area contributed by atoms with E-state index in [0.29, 0.717) is 5.75 Å². The van der Waals surface area contributed by atoms with Crippen LogP contribution in [0.2, 0.25) is 0 Å². The number of hydrogen-bond acceptors (Lipinski definition) is 5. The van der Waals surface area contributed by atoms with Crippen molar-refractivity contribution in [1.29, 1.82) is 0 Å². The van der Waals surface area contributed by atoms with Crippen LogP contribution >= 0.6 is 0 Å². The lowest BCUT2D eigenvalue weighted by Crippen LogP contribution is -2.40. The number of rotatable bonds is 9. The van der Waals surface area contributed by atoms with E-state index >= 15 is 0 Å². The minimum atomic E-state index is -4.13. The molecule has 0 unspecified atom stereocenters. The number of carbonyl (C=O) groups excluding carboxylic acids is 1. The third kappa shape index (κ3) is 5.49. The maximum absolute atomic E-state index is 13.5. The van der Waals surface area contributed by atoms with Gasteiger partial charge < -0.3 is 14.6 Å². The molecule has 0 aliphatic heterocycles. The molecule has 0 bridgehead atoms. The zero-order valence-electron chi connectivity index (χ0n) is 18.8. The topological polar surface area (TPSA) is 93.5 Å². The summed E-state index contributed by atoms with van der Waals surface area (Å²) in [4.78, 5) is 16.9. The van der Waals surface area contributed by atoms with Gasteiger partial charge in [0.05, 0.1) is 29.7 Å². The average Bonchev–Trinajstić information content (AvgIpc) is 3.42. The minimum absolute atomic E-state index is 0.0270. The standard InChI is InChI=1S/C25H23FN4O4S/c1-34-22-10-12-23(13-11-22)35(32,33)30(21-8-6-20(26)7-9-21)17-25(31)28-16-19-4-2-3-5-24(19)29-15-14-27-18-29/h2-15,18H,16-17H2,1H3,(H,28,31). The van der Waals surface area contributed by atoms with Crippen molar-refractivity contribution in [3.8, 4) is 11.4 Å². The molecule has 3 aromatic carbocycles. The summed E-state index contributed by atoms with van der Waals surface area (Å²) in [5.41, 5.74) is 1.83. The Balaban J connectivity index is 1.57. The highest BCUT2D eigenvalue weighted by Crippen LogP contribution is 2.25. The van der Waals surface area contributed by atoms with Gasteiger partial charge in [-0.15, -0.1) is 0 Å². The molecule has 0 aliphatic carbocycles. The maximum atomic E-state index is 13.5. The molecule has 35 heavy (non-hydrogen) atoms. The number of ether oxygens (including phenoxy) is 1. The fourth-order valence-corrected chi connectivity index (χ4v) is 4.91. The number of anilines is 1. The first-order valence-electron chi connectivity index (χ1n) is 10.6. The molecule has 0 aliphatic rings. The first kappa shape index (κ1) is 24.0. The number of imidazole rings is 1. The Morgan fingerprint density at radius 2 is 1.77 bits per heavy atom. The van der Waals surface area contributed by atoms with E-state index in [4.69, 9.17) is 4.74 Å². The van der Waals surface area contributed by atoms with Gasteiger partial charge in [-0.3, -0.25) is 9.10 Å². The van der Waals surface area contributed by atoms with E-state index in [0.717, 1.165) is 27.7 Å². The van der Waals surface area contributed by atoms with Crippen LogP contribution in [-0.2, 0) is 21.4 Å². The fourth-order valence-electron chi connectivity index (χ4n) is 3.49. The number of sulfonamides is 1. The van der Waals surface area contributed by atoms with Gasteiger partial charge in [-0.1, -0.05) is 18.2 Å². The molecule has 1 heterocycles. The Morgan fingerprint density at radius 3 is 2.43 bits per heavy atom. The summed E-state index contributed by atoms with van der Waals surface area (Å²) in [7, 11) is -2.66. The highest BCUT2D eigenvalue weighted by molar-refractivity contribution is 7.92. The molecule has 4 aromatic rings. The van der Waals surface area contributed by atoms with Gasteiger partial charge in [-0.05, 0) is 60.2 Å². The Morgan fingerprint density at radius 1 is 1.06 bits per heavy atom. The van der Waals surface area contributed by atoms with Crippen molar-refractivity contribution < 1.29 is 22.3 Å². The molecule has 0 saturated carbocycles. The SMILES string of the molecule is COc1ccc(S(=O)(=O)N(CC(=O)NCc2ccccc2-n2ccnc2)c2ccc(F)cc2)cc1. The third-order valence-electron chi connectivity index (χ3n) is 5.30. The van der Waals surface area contributed by atoms with Gasteiger partial charge in [0.1, 0.15) is 18.1 Å². The largest absolute Gasteiger partial charge is 0.497 e. The molecule has 4 rings (SSSR count). The lowest BCUT2D eigenvalue weighted by atomic mass is 10.1. The van der Waals surface area contributed by atoms with E-state index in [1.165, 1.54) is 43.5 Å². The Bertz CT molecular complexity index is 1390. The van der Waals surface area contributed by atoms with Gasteiger partial charge >= 0.3 is 0 Å². The smallest absolute Gasteiger partial charge is 0.264 e. The van der Waals surface area contributed by atoms with Gasteiger partial charge in [0.2, 0.25) is 5.91 Å². The quantitative estimate of drug-likeness (QED) is 0.384. The lowest BCUT2D eigenvalue weighted by molar-refractivity contribution is -0.119. The molecule has 0 fully saturated rings. The van der Waals surface area contributed by atoms with Gasteiger partial charge in [0.15, 0.2) is 0 Å². The molecule has 1 N–H and O–H groups in total. The van der Waals surface area contributed by atoms with Gasteiger partial charge in [-0.25, -0.2) is 17.8 Å². The van der Waals surface area contributed by atoms with Gasteiger partial charge in [0, 0.05) is 18.9 Å². The number of methoxy groups -OCH3 is 1. The molecule has 0 atom stereocenters. The molecular formula is C25H23FN4O4S. The number of halogens is 1. The molecular weight excluding hydrogens is 471 g/mol. The lowest BCUT2D eigenvalue weighted by Gasteiger charge is -2.24. The van der Waals surface area contributed by atoms with Gasteiger partial charge in [-0.2, -0.15) is 0 Å². The summed E-state index contributed by atoms with van der Waals surface area (Å²) in [6.45, 7) is -0.319. The molecule has 0 saturated heterocycles. The van der Waals surface area contributed by atoms with E-state index in [2.05, 4.69) is 10.3 Å². The number of benzene rings is 3. The van der Waals surface area contributed by atoms with Crippen LogP contribution in [0, 0.1) is 5.82 Å². The molecule has 180 valence electrons. The molecule has 0 spiro atoms. The Hall–Kier alpha value is -4.18. The van der Waals surface area contributed by atoms with E-state index in [1.54, 1.807) is 18.7 Å². The fraction of sp³-hybridized carbons (Fsp3) is 0.120. The third-order valence-corrected chi connectivity index (χ3v) is 7.09. The first-order chi connectivity index (χ1) is 16.9. The number of aromatic nitrogens is 2. The maximum Gasteiger partial charge on any atom is 0.264 e. The second kappa shape index (κ2) is 10.4. The second-order valence-electron chi connectivity index (χ2n) is 7.54. The van der Waals surface area contributed by atoms with Crippen molar-refractivity contribution in [2.24, 2.45) is 0 Å². The number of para-hydroxylation sites is 1. The highest BCUT2D eigenvalue weighted by Gasteiger charge is 2.27. The number of hydrogen-bond donors (Lipinski definition) is 1. The average molecular weight is 495 g/mol. The molecule has 0 radical (unpaired) electrons. The van der Waals surface area contributed by atoms with Crippen LogP contribution < -0.4 is 14.4 Å². The first-order valence-corrected chi connectivity index (χ1v) is 12.1. The number of carbonyl (C=O) groups is 1. The van der Waals surface area contributed by atoms with Crippen molar-refractivity contribution in [3.63, 3.8) is 0 Å². The van der Waals surface area contributed by atoms with E-state index in [9.17, 15) is 17.6 Å². The minimum Gasteiger partial charge on any atom is -0.497 e. The van der Waals surface area contributed by atoms with Crippen LogP contribution in [0.1, 0.15) is 5.56 Å². The van der Waals surface area contributed by atoms with Crippen LogP contribution in [0.5, 0.6) is 5.75 Å². The predicted molar refractivity (Wildman–Crippen MR) is 129 cm³/mol. The number of nitrogens with zero attached hydrogens (tertiary/aromatic N) is 3. The van der Waals surface area contributed by atoms with Crippen LogP contribution in [-0.4, -0.2) is 37.5 Å². The summed E-state index contributed by atoms with van der Waals surface area (Å²) < 4.78 is 48.3. The Kier molecular flexibility index (Phi) is 7.11. The zero-order chi connectivity index (χ0) is 24.8. The van der Waals surface area contributed by atoms with Crippen LogP contribution in [0.4, 0.5) is 10.1 Å². The summed E-state index contributed by atoms with van der Waals surface area (Å²) in [6, 6.07) is 18.2. The van der Waals surface area contributed by atoms with Crippen molar-refractivity contribution in [2.45, 2.75) is 11.4 Å². The summed E-state index contributed by atoms with van der Waals surface area (Å²) in [6.07, 6.45) is 5.09. The van der Waals surface area contributed by atoms with Crippen LogP contribution in [0.15, 0.2) is 96.4 Å². The van der Waals surface area contributed by atoms with E-state index in [-0.39, 0.29) is 17.1 Å². The van der Waals surface area contributed by atoms with Crippen LogP contribution in [0.3, 0.4) is 0 Å². The van der Waals surface area contributed by atoms with E-state index in [1.807, 2.05) is 28.8 Å². The Labute approximate surface area is 202 Å². The molecule has 1 amide bonds. The molecule has 10 heteroatoms. The highest BCUT2D eigenvalue weighted by atomic mass is 32.2. The van der Waals surface area contributed by atoms with Crippen molar-refractivity contribution in [3.05, 3.63) is 103 Å². The number of amides is 1. The van der Waals surface area contributed by atoms with Crippen molar-refractivity contribution in [2.75, 3.05) is 18.0 Å². The normalized spacial score (nSPS) is 11.1. The van der Waals surface area contributed by atoms with Gasteiger partial charge in [0.25, 0.3) is 10.0 Å². The summed E-state index contributed by atoms with van der Waals surface area (Å²) >= 11 is 0. The molecule has 8 nitrogen and oxygen atoms in total. The van der Waals surface area contributed by atoms with Crippen molar-refractivity contribution >= 4 is 21.6 Å². The predicted octanol–water partition coefficient (Wildman–Crippen LogP) is 3.53. The summed E-state index contributed by atoms with van der Waals surface area (Å²) in [5.74, 6) is -0.547. The molecule has 1 aromatic heterocycles. The summed E-state index contributed by atoms with van der Waals surface area (Å²) in [5, 5.41) is 2.78. The number of nitrogens with one attached hydrogen (secondary N) is 1. The van der Waals surface area contributed by atoms with Crippen molar-refractivity contribution in [1.82, 2.24) is 14.9 Å².